The molecule has 15 heteroatoms. The number of imidazole rings is 1. The summed E-state index contributed by atoms with van der Waals surface area (Å²) in [4.78, 5) is 73.0. The van der Waals surface area contributed by atoms with Gasteiger partial charge in [0.1, 0.15) is 25.5 Å². The zero-order valence-corrected chi connectivity index (χ0v) is 20.0. The Morgan fingerprint density at radius 1 is 0.857 bits per heavy atom. The molecular formula is C20H27N3O12. The van der Waals surface area contributed by atoms with E-state index in [-0.39, 0.29) is 5.82 Å². The fourth-order valence-corrected chi connectivity index (χ4v) is 3.14. The third-order valence-electron chi connectivity index (χ3n) is 4.35. The fourth-order valence-electron chi connectivity index (χ4n) is 3.14. The summed E-state index contributed by atoms with van der Waals surface area (Å²) in [5.41, 5.74) is 0. The molecule has 0 fully saturated rings. The first-order chi connectivity index (χ1) is 16.2. The Balaban J connectivity index is 3.71. The van der Waals surface area contributed by atoms with Crippen LogP contribution in [0, 0.1) is 17.0 Å². The SMILES string of the molecule is CC(=O)OC[C@H]([C@@H](OC(C)=O)[C@H](OC(C)=O)[C@@H](COC(C)=O)OC(C)=O)n1cc([N+](=O)[O-])nc1C. The van der Waals surface area contributed by atoms with E-state index in [0.717, 1.165) is 40.8 Å². The zero-order chi connectivity index (χ0) is 26.9. The molecule has 0 aliphatic rings. The molecule has 0 unspecified atom stereocenters. The van der Waals surface area contributed by atoms with Gasteiger partial charge in [-0.3, -0.25) is 28.5 Å². The summed E-state index contributed by atoms with van der Waals surface area (Å²) in [6.45, 7) is 5.61. The molecule has 0 aliphatic carbocycles. The molecule has 1 aromatic rings. The van der Waals surface area contributed by atoms with E-state index in [1.54, 1.807) is 0 Å². The van der Waals surface area contributed by atoms with Crippen molar-refractivity contribution >= 4 is 35.7 Å². The van der Waals surface area contributed by atoms with Gasteiger partial charge in [-0.25, -0.2) is 0 Å². The number of carbonyl (C=O) groups is 5. The highest BCUT2D eigenvalue weighted by atomic mass is 16.6. The number of carbonyl (C=O) groups excluding carboxylic acids is 5. The lowest BCUT2D eigenvalue weighted by atomic mass is 10.00. The Morgan fingerprint density at radius 2 is 1.34 bits per heavy atom. The molecule has 35 heavy (non-hydrogen) atoms. The molecule has 0 N–H and O–H groups in total. The highest BCUT2D eigenvalue weighted by Crippen LogP contribution is 2.28. The average molecular weight is 501 g/mol. The molecule has 0 saturated carbocycles. The molecule has 0 amide bonds. The van der Waals surface area contributed by atoms with E-state index in [9.17, 15) is 34.1 Å². The van der Waals surface area contributed by atoms with Crippen LogP contribution in [0.5, 0.6) is 0 Å². The van der Waals surface area contributed by atoms with Crippen LogP contribution in [0.1, 0.15) is 46.5 Å². The van der Waals surface area contributed by atoms with E-state index >= 15 is 0 Å². The molecule has 0 spiro atoms. The Hall–Kier alpha value is -4.04. The number of hydrogen-bond donors (Lipinski definition) is 0. The number of nitrogens with zero attached hydrogens (tertiary/aromatic N) is 3. The molecular weight excluding hydrogens is 474 g/mol. The maximum atomic E-state index is 12.0. The zero-order valence-electron chi connectivity index (χ0n) is 20.0. The molecule has 0 saturated heterocycles. The maximum absolute atomic E-state index is 12.0. The van der Waals surface area contributed by atoms with Gasteiger partial charge in [-0.15, -0.1) is 0 Å². The van der Waals surface area contributed by atoms with Gasteiger partial charge in [0.25, 0.3) is 0 Å². The van der Waals surface area contributed by atoms with E-state index < -0.39 is 78.2 Å². The second-order valence-electron chi connectivity index (χ2n) is 7.28. The summed E-state index contributed by atoms with van der Waals surface area (Å²) in [6.07, 6.45) is -3.61. The molecule has 0 aromatic carbocycles. The smallest absolute Gasteiger partial charge is 0.381 e. The number of hydrogen-bond acceptors (Lipinski definition) is 13. The monoisotopic (exact) mass is 501 g/mol. The average Bonchev–Trinajstić information content (AvgIpc) is 3.09. The second-order valence-corrected chi connectivity index (χ2v) is 7.28. The predicted octanol–water partition coefficient (Wildman–Crippen LogP) is 0.562. The Kier molecular flexibility index (Phi) is 10.8. The summed E-state index contributed by atoms with van der Waals surface area (Å²) in [6, 6.07) is -1.25. The van der Waals surface area contributed by atoms with Gasteiger partial charge in [-0.05, 0) is 9.91 Å². The minimum atomic E-state index is -1.60. The van der Waals surface area contributed by atoms with Crippen molar-refractivity contribution in [1.82, 2.24) is 9.55 Å². The van der Waals surface area contributed by atoms with Crippen molar-refractivity contribution in [3.63, 3.8) is 0 Å². The Bertz CT molecular complexity index is 973. The van der Waals surface area contributed by atoms with Crippen molar-refractivity contribution in [2.24, 2.45) is 0 Å². The largest absolute Gasteiger partial charge is 0.464 e. The molecule has 4 atom stereocenters. The highest BCUT2D eigenvalue weighted by molar-refractivity contribution is 5.69. The minimum absolute atomic E-state index is 0.0663. The van der Waals surface area contributed by atoms with E-state index in [1.165, 1.54) is 11.5 Å². The van der Waals surface area contributed by atoms with Gasteiger partial charge < -0.3 is 33.8 Å². The number of nitro groups is 1. The summed E-state index contributed by atoms with van der Waals surface area (Å²) in [5, 5.41) is 11.2. The number of esters is 5. The maximum Gasteiger partial charge on any atom is 0.381 e. The molecule has 1 heterocycles. The molecule has 0 aliphatic heterocycles. The third-order valence-corrected chi connectivity index (χ3v) is 4.35. The van der Waals surface area contributed by atoms with E-state index in [2.05, 4.69) is 4.98 Å². The van der Waals surface area contributed by atoms with Gasteiger partial charge in [0.2, 0.25) is 5.82 Å². The molecule has 194 valence electrons. The van der Waals surface area contributed by atoms with Crippen molar-refractivity contribution in [3.8, 4) is 0 Å². The minimum Gasteiger partial charge on any atom is -0.464 e. The first-order valence-corrected chi connectivity index (χ1v) is 10.2. The van der Waals surface area contributed by atoms with Gasteiger partial charge in [-0.2, -0.15) is 0 Å². The molecule has 1 aromatic heterocycles. The number of aryl methyl sites for hydroxylation is 1. The van der Waals surface area contributed by atoms with Gasteiger partial charge >= 0.3 is 35.7 Å². The number of ether oxygens (including phenoxy) is 5. The van der Waals surface area contributed by atoms with E-state index in [4.69, 9.17) is 23.7 Å². The van der Waals surface area contributed by atoms with Crippen molar-refractivity contribution in [1.29, 1.82) is 0 Å². The van der Waals surface area contributed by atoms with Crippen molar-refractivity contribution in [3.05, 3.63) is 22.1 Å². The molecule has 0 radical (unpaired) electrons. The van der Waals surface area contributed by atoms with Crippen LogP contribution in [-0.4, -0.2) is 75.8 Å². The third kappa shape index (κ3) is 9.38. The standard InChI is InChI=1S/C20H27N3O12/c1-10-21-18(23(29)30)7-22(10)16(8-31-11(2)24)19(34-14(5)27)20(35-15(6)28)17(33-13(4)26)9-32-12(3)25/h7,16-17,19-20H,8-9H2,1-6H3/t16-,17-,19-,20-/m1/s1. The summed E-state index contributed by atoms with van der Waals surface area (Å²) < 4.78 is 27.1. The summed E-state index contributed by atoms with van der Waals surface area (Å²) >= 11 is 0. The topological polar surface area (TPSA) is 192 Å². The van der Waals surface area contributed by atoms with Gasteiger partial charge in [0, 0.05) is 41.5 Å². The van der Waals surface area contributed by atoms with Crippen molar-refractivity contribution < 1.29 is 52.6 Å². The Morgan fingerprint density at radius 3 is 1.77 bits per heavy atom. The number of aromatic nitrogens is 2. The highest BCUT2D eigenvalue weighted by Gasteiger charge is 2.44. The van der Waals surface area contributed by atoms with E-state index in [0.29, 0.717) is 0 Å². The van der Waals surface area contributed by atoms with Crippen LogP contribution in [0.25, 0.3) is 0 Å². The summed E-state index contributed by atoms with van der Waals surface area (Å²) in [7, 11) is 0. The van der Waals surface area contributed by atoms with Crippen molar-refractivity contribution in [2.45, 2.75) is 65.9 Å². The van der Waals surface area contributed by atoms with Crippen LogP contribution in [0.4, 0.5) is 5.82 Å². The lowest BCUT2D eigenvalue weighted by molar-refractivity contribution is -0.389. The van der Waals surface area contributed by atoms with Crippen LogP contribution >= 0.6 is 0 Å². The van der Waals surface area contributed by atoms with Crippen LogP contribution in [0.3, 0.4) is 0 Å². The van der Waals surface area contributed by atoms with E-state index in [1.807, 2.05) is 0 Å². The van der Waals surface area contributed by atoms with Crippen LogP contribution < -0.4 is 0 Å². The quantitative estimate of drug-likeness (QED) is 0.167. The van der Waals surface area contributed by atoms with Crippen LogP contribution in [0.15, 0.2) is 6.20 Å². The van der Waals surface area contributed by atoms with Gasteiger partial charge in [0.05, 0.1) is 0 Å². The second kappa shape index (κ2) is 13.0. The van der Waals surface area contributed by atoms with Gasteiger partial charge in [0.15, 0.2) is 18.3 Å². The molecule has 15 nitrogen and oxygen atoms in total. The Labute approximate surface area is 199 Å². The number of rotatable bonds is 12. The lowest BCUT2D eigenvalue weighted by Crippen LogP contribution is -2.51. The lowest BCUT2D eigenvalue weighted by Gasteiger charge is -2.36. The fraction of sp³-hybridized carbons (Fsp3) is 0.600. The molecule has 1 rings (SSSR count). The summed E-state index contributed by atoms with van der Waals surface area (Å²) in [5.74, 6) is -4.57. The molecule has 0 bridgehead atoms. The van der Waals surface area contributed by atoms with Gasteiger partial charge in [-0.1, -0.05) is 0 Å². The van der Waals surface area contributed by atoms with Crippen molar-refractivity contribution in [2.75, 3.05) is 13.2 Å². The first-order valence-electron chi connectivity index (χ1n) is 10.2. The normalized spacial score (nSPS) is 14.0. The van der Waals surface area contributed by atoms with Crippen LogP contribution in [0.2, 0.25) is 0 Å². The first kappa shape index (κ1) is 29.0. The predicted molar refractivity (Wildman–Crippen MR) is 113 cm³/mol. The van der Waals surface area contributed by atoms with Crippen LogP contribution in [-0.2, 0) is 47.7 Å².